The highest BCUT2D eigenvalue weighted by Gasteiger charge is 2.30. The van der Waals surface area contributed by atoms with E-state index >= 15 is 0 Å². The first-order chi connectivity index (χ1) is 14.3. The van der Waals surface area contributed by atoms with Crippen LogP contribution in [-0.2, 0) is 10.9 Å². The molecule has 2 aromatic carbocycles. The molecule has 0 atom stereocenters. The van der Waals surface area contributed by atoms with Gasteiger partial charge in [-0.3, -0.25) is 0 Å². The molecular weight excluding hydrogens is 395 g/mol. The summed E-state index contributed by atoms with van der Waals surface area (Å²) in [7, 11) is 2.74. The van der Waals surface area contributed by atoms with Gasteiger partial charge in [-0.2, -0.15) is 13.2 Å². The van der Waals surface area contributed by atoms with E-state index in [4.69, 9.17) is 9.47 Å². The third-order valence-electron chi connectivity index (χ3n) is 4.20. The van der Waals surface area contributed by atoms with Crippen LogP contribution in [0.2, 0.25) is 0 Å². The summed E-state index contributed by atoms with van der Waals surface area (Å²) in [6.07, 6.45) is -2.92. The second kappa shape index (κ2) is 9.91. The molecule has 0 saturated carbocycles. The summed E-state index contributed by atoms with van der Waals surface area (Å²) in [4.78, 5) is 16.1. The van der Waals surface area contributed by atoms with Crippen LogP contribution in [0, 0.1) is 0 Å². The molecule has 30 heavy (non-hydrogen) atoms. The van der Waals surface area contributed by atoms with Gasteiger partial charge in [-0.25, -0.2) is 9.78 Å². The molecule has 0 saturated heterocycles. The lowest BCUT2D eigenvalue weighted by atomic mass is 9.92. The Kier molecular flexibility index (Phi) is 7.58. The van der Waals surface area contributed by atoms with Gasteiger partial charge >= 0.3 is 12.1 Å². The SMILES string of the molecule is CC.COC(=O)c1ccc(-c2cccc(C(F)(F)F)c2)c(-c2ccc(OC)nc2)c1. The molecule has 0 unspecified atom stereocenters. The molecule has 1 heterocycles. The number of carbonyl (C=O) groups excluding carboxylic acids is 1. The number of hydrogen-bond acceptors (Lipinski definition) is 4. The van der Waals surface area contributed by atoms with E-state index in [0.717, 1.165) is 12.1 Å². The number of benzene rings is 2. The van der Waals surface area contributed by atoms with Crippen LogP contribution in [0.5, 0.6) is 5.88 Å². The number of ether oxygens (including phenoxy) is 2. The summed E-state index contributed by atoms with van der Waals surface area (Å²) in [5.74, 6) is -0.146. The van der Waals surface area contributed by atoms with E-state index in [1.165, 1.54) is 32.5 Å². The lowest BCUT2D eigenvalue weighted by Crippen LogP contribution is -2.05. The van der Waals surface area contributed by atoms with Gasteiger partial charge in [-0.1, -0.05) is 32.0 Å². The monoisotopic (exact) mass is 417 g/mol. The second-order valence-electron chi connectivity index (χ2n) is 5.92. The van der Waals surface area contributed by atoms with E-state index in [2.05, 4.69) is 4.98 Å². The van der Waals surface area contributed by atoms with Gasteiger partial charge in [0.2, 0.25) is 5.88 Å². The Morgan fingerprint density at radius 1 is 0.900 bits per heavy atom. The minimum absolute atomic E-state index is 0.282. The highest BCUT2D eigenvalue weighted by atomic mass is 19.4. The van der Waals surface area contributed by atoms with Crippen LogP contribution in [0.4, 0.5) is 13.2 Å². The minimum Gasteiger partial charge on any atom is -0.481 e. The predicted molar refractivity (Wildman–Crippen MR) is 109 cm³/mol. The fourth-order valence-electron chi connectivity index (χ4n) is 2.80. The van der Waals surface area contributed by atoms with Crippen molar-refractivity contribution in [2.45, 2.75) is 20.0 Å². The van der Waals surface area contributed by atoms with E-state index in [1.54, 1.807) is 30.3 Å². The largest absolute Gasteiger partial charge is 0.481 e. The molecule has 3 rings (SSSR count). The summed E-state index contributed by atoms with van der Waals surface area (Å²) in [6.45, 7) is 4.00. The Labute approximate surface area is 173 Å². The zero-order valence-corrected chi connectivity index (χ0v) is 17.1. The Balaban J connectivity index is 0.00000155. The van der Waals surface area contributed by atoms with Gasteiger partial charge in [0.25, 0.3) is 0 Å². The van der Waals surface area contributed by atoms with Crippen LogP contribution < -0.4 is 4.74 Å². The van der Waals surface area contributed by atoms with Crippen LogP contribution >= 0.6 is 0 Å². The third-order valence-corrected chi connectivity index (χ3v) is 4.20. The molecule has 7 heteroatoms. The van der Waals surface area contributed by atoms with E-state index in [9.17, 15) is 18.0 Å². The standard InChI is InChI=1S/C21H16F3NO3.C2H6/c1-27-19-9-7-15(12-25-19)18-11-14(20(26)28-2)6-8-17(18)13-4-3-5-16(10-13)21(22,23)24;1-2/h3-12H,1-2H3;1-2H3. The van der Waals surface area contributed by atoms with Crippen molar-refractivity contribution < 1.29 is 27.4 Å². The molecular formula is C23H22F3NO3. The molecule has 0 amide bonds. The number of esters is 1. The van der Waals surface area contributed by atoms with Crippen molar-refractivity contribution in [2.75, 3.05) is 14.2 Å². The summed E-state index contributed by atoms with van der Waals surface area (Å²) < 4.78 is 49.2. The smallest absolute Gasteiger partial charge is 0.416 e. The predicted octanol–water partition coefficient (Wildman–Crippen LogP) is 6.26. The number of rotatable bonds is 4. The molecule has 0 fully saturated rings. The number of carbonyl (C=O) groups is 1. The van der Waals surface area contributed by atoms with E-state index in [0.29, 0.717) is 28.1 Å². The fourth-order valence-corrected chi connectivity index (χ4v) is 2.80. The first-order valence-corrected chi connectivity index (χ1v) is 9.24. The minimum atomic E-state index is -4.45. The van der Waals surface area contributed by atoms with Gasteiger partial charge in [0.1, 0.15) is 0 Å². The molecule has 0 aliphatic rings. The number of pyridine rings is 1. The molecule has 0 aliphatic heterocycles. The lowest BCUT2D eigenvalue weighted by molar-refractivity contribution is -0.137. The molecule has 0 aliphatic carbocycles. The maximum absolute atomic E-state index is 13.1. The molecule has 0 bridgehead atoms. The van der Waals surface area contributed by atoms with Crippen molar-refractivity contribution in [3.63, 3.8) is 0 Å². The van der Waals surface area contributed by atoms with E-state index in [-0.39, 0.29) is 5.56 Å². The normalized spacial score (nSPS) is 10.6. The molecule has 0 radical (unpaired) electrons. The Morgan fingerprint density at radius 2 is 1.63 bits per heavy atom. The number of methoxy groups -OCH3 is 2. The number of aromatic nitrogens is 1. The van der Waals surface area contributed by atoms with Crippen LogP contribution in [0.15, 0.2) is 60.8 Å². The van der Waals surface area contributed by atoms with Gasteiger partial charge in [0, 0.05) is 17.8 Å². The molecule has 1 aromatic heterocycles. The van der Waals surface area contributed by atoms with Gasteiger partial charge < -0.3 is 9.47 Å². The Hall–Kier alpha value is -3.35. The third kappa shape index (κ3) is 5.17. The topological polar surface area (TPSA) is 48.4 Å². The van der Waals surface area contributed by atoms with Crippen molar-refractivity contribution in [3.05, 3.63) is 71.9 Å². The first-order valence-electron chi connectivity index (χ1n) is 9.24. The number of hydrogen-bond donors (Lipinski definition) is 0. The van der Waals surface area contributed by atoms with Gasteiger partial charge in [0.05, 0.1) is 25.3 Å². The maximum Gasteiger partial charge on any atom is 0.416 e. The highest BCUT2D eigenvalue weighted by molar-refractivity contribution is 5.94. The van der Waals surface area contributed by atoms with Crippen molar-refractivity contribution in [1.82, 2.24) is 4.98 Å². The van der Waals surface area contributed by atoms with E-state index in [1.807, 2.05) is 13.8 Å². The van der Waals surface area contributed by atoms with Crippen LogP contribution in [0.3, 0.4) is 0 Å². The van der Waals surface area contributed by atoms with Crippen molar-refractivity contribution >= 4 is 5.97 Å². The molecule has 3 aromatic rings. The Morgan fingerprint density at radius 3 is 2.20 bits per heavy atom. The van der Waals surface area contributed by atoms with Crippen molar-refractivity contribution in [3.8, 4) is 28.1 Å². The summed E-state index contributed by atoms with van der Waals surface area (Å²) in [5, 5.41) is 0. The number of nitrogens with zero attached hydrogens (tertiary/aromatic N) is 1. The van der Waals surface area contributed by atoms with Crippen LogP contribution in [0.1, 0.15) is 29.8 Å². The van der Waals surface area contributed by atoms with Gasteiger partial charge in [-0.05, 0) is 47.0 Å². The summed E-state index contributed by atoms with van der Waals surface area (Å²) in [6, 6.07) is 13.1. The highest BCUT2D eigenvalue weighted by Crippen LogP contribution is 2.37. The van der Waals surface area contributed by atoms with Gasteiger partial charge in [0.15, 0.2) is 0 Å². The summed E-state index contributed by atoms with van der Waals surface area (Å²) in [5.41, 5.74) is 1.61. The quantitative estimate of drug-likeness (QED) is 0.471. The Bertz CT molecular complexity index is 999. The van der Waals surface area contributed by atoms with Crippen molar-refractivity contribution in [2.24, 2.45) is 0 Å². The molecule has 4 nitrogen and oxygen atoms in total. The lowest BCUT2D eigenvalue weighted by Gasteiger charge is -2.14. The molecule has 158 valence electrons. The van der Waals surface area contributed by atoms with Crippen LogP contribution in [0.25, 0.3) is 22.3 Å². The molecule has 0 spiro atoms. The average Bonchev–Trinajstić information content (AvgIpc) is 2.79. The molecule has 0 N–H and O–H groups in total. The van der Waals surface area contributed by atoms with Crippen LogP contribution in [-0.4, -0.2) is 25.2 Å². The number of halogens is 3. The zero-order chi connectivity index (χ0) is 22.3. The first kappa shape index (κ1) is 22.9. The summed E-state index contributed by atoms with van der Waals surface area (Å²) >= 11 is 0. The second-order valence-corrected chi connectivity index (χ2v) is 5.92. The van der Waals surface area contributed by atoms with E-state index < -0.39 is 17.7 Å². The fraction of sp³-hybridized carbons (Fsp3) is 0.217. The van der Waals surface area contributed by atoms with Crippen molar-refractivity contribution in [1.29, 1.82) is 0 Å². The number of alkyl halides is 3. The van der Waals surface area contributed by atoms with Gasteiger partial charge in [-0.15, -0.1) is 0 Å². The zero-order valence-electron chi connectivity index (χ0n) is 17.1. The average molecular weight is 417 g/mol. The maximum atomic E-state index is 13.1.